The van der Waals surface area contributed by atoms with Crippen LogP contribution in [0.3, 0.4) is 0 Å². The van der Waals surface area contributed by atoms with Crippen LogP contribution in [0.25, 0.3) is 0 Å². The van der Waals surface area contributed by atoms with E-state index in [2.05, 4.69) is 27.7 Å². The first-order chi connectivity index (χ1) is 6.49. The smallest absolute Gasteiger partial charge is 0.120 e. The zero-order chi connectivity index (χ0) is 10.6. The highest BCUT2D eigenvalue weighted by Crippen LogP contribution is 2.23. The Kier molecular flexibility index (Phi) is 3.56. The molecule has 0 amide bonds. The van der Waals surface area contributed by atoms with Gasteiger partial charge in [-0.2, -0.15) is 0 Å². The maximum Gasteiger partial charge on any atom is 0.120 e. The molecule has 1 aromatic carbocycles. The van der Waals surface area contributed by atoms with E-state index in [0.717, 1.165) is 12.2 Å². The molecule has 0 unspecified atom stereocenters. The van der Waals surface area contributed by atoms with Crippen molar-refractivity contribution in [1.82, 2.24) is 0 Å². The van der Waals surface area contributed by atoms with Gasteiger partial charge in [0.1, 0.15) is 11.4 Å². The zero-order valence-corrected chi connectivity index (χ0v) is 9.58. The van der Waals surface area contributed by atoms with E-state index in [4.69, 9.17) is 4.74 Å². The van der Waals surface area contributed by atoms with Crippen LogP contribution in [0, 0.1) is 5.92 Å². The maximum atomic E-state index is 5.91. The van der Waals surface area contributed by atoms with Crippen LogP contribution in [0.1, 0.15) is 34.1 Å². The summed E-state index contributed by atoms with van der Waals surface area (Å²) in [6.07, 6.45) is 1.07. The summed E-state index contributed by atoms with van der Waals surface area (Å²) in [5, 5.41) is 0. The Labute approximate surface area is 87.1 Å². The van der Waals surface area contributed by atoms with Crippen LogP contribution >= 0.6 is 0 Å². The fourth-order valence-corrected chi connectivity index (χ4v) is 1.83. The summed E-state index contributed by atoms with van der Waals surface area (Å²) >= 11 is 0. The standard InChI is InChI=1S/C13H20O/c1-11(2)10-13(3,4)14-12-8-6-5-7-9-12/h5-9,11H,10H2,1-4H3. The molecule has 0 saturated carbocycles. The monoisotopic (exact) mass is 192 g/mol. The van der Waals surface area contributed by atoms with E-state index in [1.807, 2.05) is 30.3 Å². The van der Waals surface area contributed by atoms with Gasteiger partial charge in [-0.3, -0.25) is 0 Å². The Morgan fingerprint density at radius 1 is 1.14 bits per heavy atom. The molecule has 0 aliphatic heterocycles. The van der Waals surface area contributed by atoms with E-state index in [-0.39, 0.29) is 5.60 Å². The third-order valence-corrected chi connectivity index (χ3v) is 2.04. The summed E-state index contributed by atoms with van der Waals surface area (Å²) in [6, 6.07) is 10.0. The Morgan fingerprint density at radius 3 is 2.21 bits per heavy atom. The molecule has 14 heavy (non-hydrogen) atoms. The molecule has 0 aromatic heterocycles. The maximum absolute atomic E-state index is 5.91. The van der Waals surface area contributed by atoms with Gasteiger partial charge < -0.3 is 4.74 Å². The van der Waals surface area contributed by atoms with Crippen molar-refractivity contribution < 1.29 is 4.74 Å². The SMILES string of the molecule is CC(C)CC(C)(C)Oc1ccccc1. The summed E-state index contributed by atoms with van der Waals surface area (Å²) < 4.78 is 5.91. The molecule has 0 atom stereocenters. The van der Waals surface area contributed by atoms with Gasteiger partial charge in [-0.05, 0) is 38.3 Å². The van der Waals surface area contributed by atoms with Crippen LogP contribution in [0.5, 0.6) is 5.75 Å². The largest absolute Gasteiger partial charge is 0.488 e. The summed E-state index contributed by atoms with van der Waals surface area (Å²) in [4.78, 5) is 0. The highest BCUT2D eigenvalue weighted by molar-refractivity contribution is 5.21. The van der Waals surface area contributed by atoms with Gasteiger partial charge in [0.2, 0.25) is 0 Å². The Balaban J connectivity index is 2.59. The van der Waals surface area contributed by atoms with E-state index in [9.17, 15) is 0 Å². The molecule has 0 aliphatic carbocycles. The molecule has 1 heteroatoms. The fourth-order valence-electron chi connectivity index (χ4n) is 1.83. The number of para-hydroxylation sites is 1. The molecule has 0 heterocycles. The van der Waals surface area contributed by atoms with Crippen LogP contribution in [0.15, 0.2) is 30.3 Å². The van der Waals surface area contributed by atoms with E-state index in [0.29, 0.717) is 5.92 Å². The predicted octanol–water partition coefficient (Wildman–Crippen LogP) is 3.89. The molecule has 1 nitrogen and oxygen atoms in total. The van der Waals surface area contributed by atoms with Crippen molar-refractivity contribution in [1.29, 1.82) is 0 Å². The van der Waals surface area contributed by atoms with Crippen molar-refractivity contribution in [2.24, 2.45) is 5.92 Å². The summed E-state index contributed by atoms with van der Waals surface area (Å²) in [7, 11) is 0. The van der Waals surface area contributed by atoms with Crippen molar-refractivity contribution in [2.45, 2.75) is 39.7 Å². The topological polar surface area (TPSA) is 9.23 Å². The van der Waals surface area contributed by atoms with Crippen molar-refractivity contribution in [3.8, 4) is 5.75 Å². The molecule has 0 N–H and O–H groups in total. The van der Waals surface area contributed by atoms with Crippen LogP contribution in [-0.2, 0) is 0 Å². The third-order valence-electron chi connectivity index (χ3n) is 2.04. The van der Waals surface area contributed by atoms with Gasteiger partial charge in [0, 0.05) is 0 Å². The second kappa shape index (κ2) is 4.50. The molecular weight excluding hydrogens is 172 g/mol. The summed E-state index contributed by atoms with van der Waals surface area (Å²) in [6.45, 7) is 8.71. The molecule has 0 bridgehead atoms. The lowest BCUT2D eigenvalue weighted by molar-refractivity contribution is 0.0852. The lowest BCUT2D eigenvalue weighted by Crippen LogP contribution is -2.29. The van der Waals surface area contributed by atoms with Crippen LogP contribution in [0.2, 0.25) is 0 Å². The minimum atomic E-state index is -0.0739. The van der Waals surface area contributed by atoms with Crippen LogP contribution < -0.4 is 4.74 Å². The molecule has 0 spiro atoms. The predicted molar refractivity (Wildman–Crippen MR) is 60.6 cm³/mol. The van der Waals surface area contributed by atoms with E-state index in [1.165, 1.54) is 0 Å². The number of ether oxygens (including phenoxy) is 1. The molecule has 0 saturated heterocycles. The first-order valence-corrected chi connectivity index (χ1v) is 5.24. The second-order valence-electron chi connectivity index (χ2n) is 4.77. The zero-order valence-electron chi connectivity index (χ0n) is 9.58. The van der Waals surface area contributed by atoms with E-state index in [1.54, 1.807) is 0 Å². The third kappa shape index (κ3) is 3.82. The summed E-state index contributed by atoms with van der Waals surface area (Å²) in [5.41, 5.74) is -0.0739. The average Bonchev–Trinajstić information content (AvgIpc) is 2.02. The molecule has 1 rings (SSSR count). The minimum absolute atomic E-state index is 0.0739. The molecule has 1 aromatic rings. The highest BCUT2D eigenvalue weighted by atomic mass is 16.5. The van der Waals surface area contributed by atoms with E-state index >= 15 is 0 Å². The van der Waals surface area contributed by atoms with Crippen molar-refractivity contribution in [3.05, 3.63) is 30.3 Å². The second-order valence-corrected chi connectivity index (χ2v) is 4.77. The Morgan fingerprint density at radius 2 is 1.71 bits per heavy atom. The first kappa shape index (κ1) is 11.1. The number of benzene rings is 1. The first-order valence-electron chi connectivity index (χ1n) is 5.24. The molecule has 0 fully saturated rings. The van der Waals surface area contributed by atoms with Gasteiger partial charge in [0.15, 0.2) is 0 Å². The lowest BCUT2D eigenvalue weighted by Gasteiger charge is -2.28. The van der Waals surface area contributed by atoms with Gasteiger partial charge in [0.05, 0.1) is 0 Å². The van der Waals surface area contributed by atoms with E-state index < -0.39 is 0 Å². The van der Waals surface area contributed by atoms with Gasteiger partial charge in [-0.25, -0.2) is 0 Å². The fraction of sp³-hybridized carbons (Fsp3) is 0.538. The molecular formula is C13H20O. The van der Waals surface area contributed by atoms with Crippen LogP contribution in [0.4, 0.5) is 0 Å². The number of hydrogen-bond donors (Lipinski definition) is 0. The van der Waals surface area contributed by atoms with Crippen molar-refractivity contribution >= 4 is 0 Å². The Hall–Kier alpha value is -0.980. The normalized spacial score (nSPS) is 11.8. The van der Waals surface area contributed by atoms with Gasteiger partial charge >= 0.3 is 0 Å². The lowest BCUT2D eigenvalue weighted by atomic mass is 9.96. The molecule has 0 radical (unpaired) electrons. The minimum Gasteiger partial charge on any atom is -0.488 e. The van der Waals surface area contributed by atoms with Gasteiger partial charge in [-0.15, -0.1) is 0 Å². The molecule has 78 valence electrons. The quantitative estimate of drug-likeness (QED) is 0.703. The number of rotatable bonds is 4. The highest BCUT2D eigenvalue weighted by Gasteiger charge is 2.20. The summed E-state index contributed by atoms with van der Waals surface area (Å²) in [5.74, 6) is 1.62. The van der Waals surface area contributed by atoms with Crippen LogP contribution in [-0.4, -0.2) is 5.60 Å². The molecule has 0 aliphatic rings. The van der Waals surface area contributed by atoms with Gasteiger partial charge in [-0.1, -0.05) is 32.0 Å². The average molecular weight is 192 g/mol. The number of hydrogen-bond acceptors (Lipinski definition) is 1. The van der Waals surface area contributed by atoms with Crippen molar-refractivity contribution in [2.75, 3.05) is 0 Å². The van der Waals surface area contributed by atoms with Crippen molar-refractivity contribution in [3.63, 3.8) is 0 Å². The van der Waals surface area contributed by atoms with Gasteiger partial charge in [0.25, 0.3) is 0 Å². The Bertz CT molecular complexity index is 262.